The van der Waals surface area contributed by atoms with Gasteiger partial charge in [0.25, 0.3) is 0 Å². The number of benzene rings is 2. The van der Waals surface area contributed by atoms with Crippen molar-refractivity contribution in [3.63, 3.8) is 0 Å². The lowest BCUT2D eigenvalue weighted by Gasteiger charge is -2.28. The van der Waals surface area contributed by atoms with Gasteiger partial charge in [-0.2, -0.15) is 4.99 Å². The van der Waals surface area contributed by atoms with E-state index in [1.807, 2.05) is 45.3 Å². The van der Waals surface area contributed by atoms with Gasteiger partial charge in [0.1, 0.15) is 16.1 Å². The molecular formula is C56H53N2S4+. The molecule has 12 bridgehead atoms. The molecule has 1 unspecified atom stereocenters. The highest BCUT2D eigenvalue weighted by Crippen LogP contribution is 2.44. The first-order chi connectivity index (χ1) is 29.2. The zero-order valence-corrected chi connectivity index (χ0v) is 41.1. The third-order valence-corrected chi connectivity index (χ3v) is 18.0. The molecule has 4 aromatic heterocycles. The molecule has 0 fully saturated rings. The van der Waals surface area contributed by atoms with Gasteiger partial charge in [0, 0.05) is 78.3 Å². The van der Waals surface area contributed by atoms with Gasteiger partial charge in [0.05, 0.1) is 20.8 Å². The largest absolute Gasteiger partial charge is 0.271 e. The Morgan fingerprint density at radius 2 is 0.984 bits per heavy atom. The standard InChI is InChI=1S/C56H53N2S4/c1-53(2,3)29-21-33-34-22-30(54(4,5)6)26-38-42-14-19-47(60-42)48-20-16-44(62-48)40-28-32(56(10,11)12)24-36-35-23-31(55(7,8)9)27-39(51(35)58-52(36)40)43-15-18-46(61-43)45-17-13-41(59-45)37(25-29)49(33)57-50(34)38/h13-28,49H,1-12H3/q+1. The smallest absolute Gasteiger partial charge is 0.169 e. The lowest BCUT2D eigenvalue weighted by molar-refractivity contribution is 0.512. The van der Waals surface area contributed by atoms with Crippen molar-refractivity contribution in [1.82, 2.24) is 0 Å². The van der Waals surface area contributed by atoms with Crippen LogP contribution in [0.15, 0.2) is 118 Å². The fraction of sp³-hybridized carbons (Fsp3) is 0.304. The van der Waals surface area contributed by atoms with E-state index in [4.69, 9.17) is 9.98 Å². The highest BCUT2D eigenvalue weighted by Gasteiger charge is 2.38. The van der Waals surface area contributed by atoms with Crippen LogP contribution in [-0.4, -0.2) is 6.04 Å². The van der Waals surface area contributed by atoms with Crippen molar-refractivity contribution < 1.29 is 0 Å². The van der Waals surface area contributed by atoms with Crippen molar-refractivity contribution in [2.75, 3.05) is 0 Å². The first-order valence-corrected chi connectivity index (χ1v) is 25.2. The van der Waals surface area contributed by atoms with Crippen LogP contribution in [0.2, 0.25) is 0 Å². The van der Waals surface area contributed by atoms with E-state index in [1.165, 1.54) is 102 Å². The van der Waals surface area contributed by atoms with Crippen LogP contribution in [0.25, 0.3) is 22.3 Å². The monoisotopic (exact) mass is 881 g/mol. The second-order valence-corrected chi connectivity index (χ2v) is 26.0. The Morgan fingerprint density at radius 1 is 0.484 bits per heavy atom. The number of nitrogens with zero attached hydrogens (tertiary/aromatic N) is 2. The van der Waals surface area contributed by atoms with Gasteiger partial charge in [-0.25, -0.2) is 0 Å². The first-order valence-electron chi connectivity index (χ1n) is 21.9. The second kappa shape index (κ2) is 13.5. The summed E-state index contributed by atoms with van der Waals surface area (Å²) in [5.74, 6) is 0. The molecule has 6 heteroatoms. The third kappa shape index (κ3) is 6.46. The van der Waals surface area contributed by atoms with Gasteiger partial charge in [-0.05, 0) is 111 Å². The highest BCUT2D eigenvalue weighted by molar-refractivity contribution is 7.12. The van der Waals surface area contributed by atoms with Crippen molar-refractivity contribution in [3.05, 3.63) is 194 Å². The Hall–Kier alpha value is -4.59. The zero-order valence-electron chi connectivity index (χ0n) is 37.8. The van der Waals surface area contributed by atoms with E-state index in [0.29, 0.717) is 0 Å². The van der Waals surface area contributed by atoms with Crippen molar-refractivity contribution in [2.24, 2.45) is 20.8 Å². The minimum absolute atomic E-state index is 0.0216. The van der Waals surface area contributed by atoms with Gasteiger partial charge in [0.15, 0.2) is 5.70 Å². The molecule has 310 valence electrons. The summed E-state index contributed by atoms with van der Waals surface area (Å²) in [6.45, 7) is 28.0. The minimum atomic E-state index is -0.0564. The topological polar surface area (TPSA) is 24.7 Å². The summed E-state index contributed by atoms with van der Waals surface area (Å²) >= 11 is 7.58. The number of hydrogen-bond acceptors (Lipinski definition) is 6. The van der Waals surface area contributed by atoms with Crippen LogP contribution in [0.3, 0.4) is 0 Å². The molecule has 0 saturated carbocycles. The van der Waals surface area contributed by atoms with Crippen LogP contribution in [0.1, 0.15) is 105 Å². The summed E-state index contributed by atoms with van der Waals surface area (Å²) in [5, 5.41) is 4.68. The Morgan fingerprint density at radius 3 is 1.55 bits per heavy atom. The van der Waals surface area contributed by atoms with Gasteiger partial charge < -0.3 is 0 Å². The van der Waals surface area contributed by atoms with Crippen molar-refractivity contribution in [3.8, 4) is 0 Å². The van der Waals surface area contributed by atoms with E-state index >= 15 is 0 Å². The van der Waals surface area contributed by atoms with Crippen molar-refractivity contribution in [2.45, 2.75) is 100.0 Å². The normalized spacial score (nSPS) is 17.7. The van der Waals surface area contributed by atoms with Crippen LogP contribution >= 0.6 is 45.3 Å². The van der Waals surface area contributed by atoms with Gasteiger partial charge in [-0.1, -0.05) is 107 Å². The Balaban J connectivity index is 1.34. The molecule has 62 heavy (non-hydrogen) atoms. The molecule has 7 heterocycles. The lowest BCUT2D eigenvalue weighted by atomic mass is 9.77. The maximum atomic E-state index is 5.73. The number of fused-ring (bicyclic) bond motifs is 10. The van der Waals surface area contributed by atoms with Crippen molar-refractivity contribution in [1.29, 1.82) is 0 Å². The molecule has 6 aromatic rings. The zero-order chi connectivity index (χ0) is 43.4. The molecule has 1 atom stereocenters. The predicted octanol–water partition coefficient (Wildman–Crippen LogP) is 12.6. The fourth-order valence-electron chi connectivity index (χ4n) is 9.19. The van der Waals surface area contributed by atoms with E-state index in [1.54, 1.807) is 0 Å². The lowest BCUT2D eigenvalue weighted by Crippen LogP contribution is -2.20. The molecule has 5 aliphatic rings. The SMILES string of the molecule is CC(C)(C)C1=CC2=c3ccc(s3)=c3ccc(s3)=C3[CH+]C(C(C)(C)C)=CC4=C3N=c3c4cc(C(C)(C)C)cc3=c3ccc(s3)=c3ccc(s3)=c3cc(C(C)(C)C)cc4c3=NC2C4=C1. The van der Waals surface area contributed by atoms with Gasteiger partial charge >= 0.3 is 0 Å². The van der Waals surface area contributed by atoms with E-state index in [-0.39, 0.29) is 27.7 Å². The molecule has 11 rings (SSSR count). The molecule has 0 radical (unpaired) electrons. The molecule has 0 N–H and O–H groups in total. The summed E-state index contributed by atoms with van der Waals surface area (Å²) in [6.07, 6.45) is 9.78. The van der Waals surface area contributed by atoms with Crippen molar-refractivity contribution >= 4 is 67.6 Å². The average molecular weight is 882 g/mol. The average Bonchev–Trinajstić information content (AvgIpc) is 4.05. The van der Waals surface area contributed by atoms with Crippen LogP contribution < -0.4 is 19.8 Å². The second-order valence-electron chi connectivity index (χ2n) is 21.7. The Labute approximate surface area is 379 Å². The maximum absolute atomic E-state index is 5.73. The summed E-state index contributed by atoms with van der Waals surface area (Å²) in [7, 11) is 0. The molecule has 0 saturated heterocycles. The van der Waals surface area contributed by atoms with E-state index < -0.39 is 0 Å². The van der Waals surface area contributed by atoms with Crippen LogP contribution in [-0.2, 0) is 10.8 Å². The van der Waals surface area contributed by atoms with Gasteiger partial charge in [-0.3, -0.25) is 4.99 Å². The highest BCUT2D eigenvalue weighted by atomic mass is 32.1. The number of hydrogen-bond donors (Lipinski definition) is 0. The van der Waals surface area contributed by atoms with Crippen LogP contribution in [0.5, 0.6) is 0 Å². The molecule has 3 aliphatic heterocycles. The van der Waals surface area contributed by atoms with Gasteiger partial charge in [-0.15, -0.1) is 34.0 Å². The molecule has 0 spiro atoms. The molecule has 2 aliphatic carbocycles. The summed E-state index contributed by atoms with van der Waals surface area (Å²) in [5.41, 5.74) is 14.0. The number of allylic oxidation sites excluding steroid dienone is 6. The molecular weight excluding hydrogens is 829 g/mol. The maximum Gasteiger partial charge on any atom is 0.169 e. The number of rotatable bonds is 0. The van der Waals surface area contributed by atoms with E-state index in [0.717, 1.165) is 16.4 Å². The Bertz CT molecular complexity index is 3810. The van der Waals surface area contributed by atoms with Crippen LogP contribution in [0.4, 0.5) is 0 Å². The summed E-state index contributed by atoms with van der Waals surface area (Å²) in [6, 6.07) is 28.4. The third-order valence-electron chi connectivity index (χ3n) is 13.1. The van der Waals surface area contributed by atoms with E-state index in [2.05, 4.69) is 181 Å². The van der Waals surface area contributed by atoms with Crippen LogP contribution in [0, 0.1) is 54.9 Å². The van der Waals surface area contributed by atoms with Gasteiger partial charge in [0.2, 0.25) is 0 Å². The molecule has 2 nitrogen and oxygen atoms in total. The predicted molar refractivity (Wildman–Crippen MR) is 265 cm³/mol. The fourth-order valence-corrected chi connectivity index (χ4v) is 13.5. The molecule has 2 aromatic carbocycles. The summed E-state index contributed by atoms with van der Waals surface area (Å²) < 4.78 is 10.2. The summed E-state index contributed by atoms with van der Waals surface area (Å²) in [4.78, 5) is 11.4. The first kappa shape index (κ1) is 40.2. The molecule has 0 amide bonds. The minimum Gasteiger partial charge on any atom is -0.271 e. The number of thiophene rings is 4. The Kier molecular flexibility index (Phi) is 8.73. The van der Waals surface area contributed by atoms with E-state index in [9.17, 15) is 0 Å². The quantitative estimate of drug-likeness (QED) is 0.136.